The first-order valence-electron chi connectivity index (χ1n) is 13.2. The van der Waals surface area contributed by atoms with Crippen LogP contribution in [0.15, 0.2) is 85.1 Å². The van der Waals surface area contributed by atoms with Gasteiger partial charge in [0, 0.05) is 53.4 Å². The van der Waals surface area contributed by atoms with E-state index in [4.69, 9.17) is 10.1 Å². The van der Waals surface area contributed by atoms with Crippen molar-refractivity contribution in [2.75, 3.05) is 30.4 Å². The van der Waals surface area contributed by atoms with Gasteiger partial charge in [0.15, 0.2) is 0 Å². The standard InChI is InChI=1S/C32H35N5O3/c1-22-26(12-9-13-28(22)37(32(2,3)4)30(40)23-10-7-6-8-11-23)27-18-19-33-31(35-27)34-25-16-14-24(15-17-25)29(39)36(5)20-21-38/h6-19,38H,20-21H2,1-5H3,(H,33,34,35). The van der Waals surface area contributed by atoms with E-state index in [9.17, 15) is 9.59 Å². The van der Waals surface area contributed by atoms with Gasteiger partial charge in [-0.25, -0.2) is 9.97 Å². The lowest BCUT2D eigenvalue weighted by Crippen LogP contribution is -2.46. The topological polar surface area (TPSA) is 98.7 Å². The third-order valence-electron chi connectivity index (χ3n) is 6.54. The second kappa shape index (κ2) is 12.1. The first-order valence-corrected chi connectivity index (χ1v) is 13.2. The summed E-state index contributed by atoms with van der Waals surface area (Å²) < 4.78 is 0. The van der Waals surface area contributed by atoms with Gasteiger partial charge >= 0.3 is 0 Å². The van der Waals surface area contributed by atoms with E-state index >= 15 is 0 Å². The Bertz CT molecular complexity index is 1480. The number of amides is 2. The fraction of sp³-hybridized carbons (Fsp3) is 0.250. The zero-order valence-corrected chi connectivity index (χ0v) is 23.5. The number of nitrogens with one attached hydrogen (secondary N) is 1. The maximum Gasteiger partial charge on any atom is 0.258 e. The largest absolute Gasteiger partial charge is 0.395 e. The van der Waals surface area contributed by atoms with Gasteiger partial charge in [-0.2, -0.15) is 0 Å². The summed E-state index contributed by atoms with van der Waals surface area (Å²) in [6.45, 7) is 8.26. The fourth-order valence-corrected chi connectivity index (χ4v) is 4.49. The molecule has 0 atom stereocenters. The molecule has 1 heterocycles. The van der Waals surface area contributed by atoms with E-state index in [0.29, 0.717) is 17.1 Å². The molecule has 4 rings (SSSR count). The Hall–Kier alpha value is -4.56. The normalized spacial score (nSPS) is 11.2. The van der Waals surface area contributed by atoms with E-state index in [1.54, 1.807) is 37.5 Å². The quantitative estimate of drug-likeness (QED) is 0.299. The van der Waals surface area contributed by atoms with Crippen molar-refractivity contribution in [2.45, 2.75) is 33.2 Å². The summed E-state index contributed by atoms with van der Waals surface area (Å²) in [5.74, 6) is 0.180. The number of aromatic nitrogens is 2. The first-order chi connectivity index (χ1) is 19.1. The number of carbonyl (C=O) groups is 2. The van der Waals surface area contributed by atoms with E-state index in [1.807, 2.05) is 87.2 Å². The molecule has 0 aliphatic heterocycles. The Balaban J connectivity index is 1.62. The predicted molar refractivity (Wildman–Crippen MR) is 159 cm³/mol. The molecule has 0 saturated heterocycles. The summed E-state index contributed by atoms with van der Waals surface area (Å²) in [6, 6.07) is 24.1. The van der Waals surface area contributed by atoms with Crippen LogP contribution in [0.5, 0.6) is 0 Å². The number of hydrogen-bond acceptors (Lipinski definition) is 6. The second-order valence-electron chi connectivity index (χ2n) is 10.5. The number of aliphatic hydroxyl groups is 1. The van der Waals surface area contributed by atoms with E-state index in [1.165, 1.54) is 4.90 Å². The van der Waals surface area contributed by atoms with Gasteiger partial charge in [0.25, 0.3) is 11.8 Å². The van der Waals surface area contributed by atoms with Gasteiger partial charge in [0.1, 0.15) is 0 Å². The number of nitrogens with zero attached hydrogens (tertiary/aromatic N) is 4. The van der Waals surface area contributed by atoms with Crippen molar-refractivity contribution in [3.63, 3.8) is 0 Å². The van der Waals surface area contributed by atoms with Crippen LogP contribution in [0.3, 0.4) is 0 Å². The van der Waals surface area contributed by atoms with E-state index in [2.05, 4.69) is 10.3 Å². The third kappa shape index (κ3) is 6.35. The first kappa shape index (κ1) is 28.4. The lowest BCUT2D eigenvalue weighted by molar-refractivity contribution is 0.0766. The van der Waals surface area contributed by atoms with Crippen LogP contribution < -0.4 is 10.2 Å². The van der Waals surface area contributed by atoms with Gasteiger partial charge < -0.3 is 20.2 Å². The molecule has 0 radical (unpaired) electrons. The molecule has 0 bridgehead atoms. The molecular formula is C32H35N5O3. The molecule has 8 heteroatoms. The highest BCUT2D eigenvalue weighted by atomic mass is 16.3. The summed E-state index contributed by atoms with van der Waals surface area (Å²) >= 11 is 0. The molecule has 2 amide bonds. The zero-order chi connectivity index (χ0) is 28.9. The number of rotatable bonds is 8. The number of benzene rings is 3. The summed E-state index contributed by atoms with van der Waals surface area (Å²) in [5.41, 5.74) is 4.78. The van der Waals surface area contributed by atoms with Crippen LogP contribution in [0.4, 0.5) is 17.3 Å². The molecule has 0 aliphatic carbocycles. The molecule has 3 aromatic carbocycles. The van der Waals surface area contributed by atoms with Gasteiger partial charge in [-0.3, -0.25) is 9.59 Å². The number of aliphatic hydroxyl groups excluding tert-OH is 1. The molecule has 206 valence electrons. The summed E-state index contributed by atoms with van der Waals surface area (Å²) in [7, 11) is 1.65. The molecule has 8 nitrogen and oxygen atoms in total. The molecule has 4 aromatic rings. The van der Waals surface area contributed by atoms with Crippen molar-refractivity contribution >= 4 is 29.1 Å². The Morgan fingerprint density at radius 3 is 2.20 bits per heavy atom. The minimum Gasteiger partial charge on any atom is -0.395 e. The highest BCUT2D eigenvalue weighted by Gasteiger charge is 2.30. The Kier molecular flexibility index (Phi) is 8.60. The second-order valence-corrected chi connectivity index (χ2v) is 10.5. The Morgan fingerprint density at radius 1 is 0.875 bits per heavy atom. The number of likely N-dealkylation sites (N-methyl/N-ethyl adjacent to an activating group) is 1. The molecule has 1 aromatic heterocycles. The number of hydrogen-bond donors (Lipinski definition) is 2. The number of carbonyl (C=O) groups excluding carboxylic acids is 2. The maximum absolute atomic E-state index is 13.6. The predicted octanol–water partition coefficient (Wildman–Crippen LogP) is 5.71. The van der Waals surface area contributed by atoms with Gasteiger partial charge in [0.2, 0.25) is 5.95 Å². The third-order valence-corrected chi connectivity index (χ3v) is 6.54. The van der Waals surface area contributed by atoms with Crippen molar-refractivity contribution in [1.82, 2.24) is 14.9 Å². The minimum atomic E-state index is -0.463. The van der Waals surface area contributed by atoms with Crippen molar-refractivity contribution in [1.29, 1.82) is 0 Å². The molecule has 0 saturated carbocycles. The van der Waals surface area contributed by atoms with Gasteiger partial charge in [-0.1, -0.05) is 30.3 Å². The molecule has 0 unspecified atom stereocenters. The Labute approximate surface area is 235 Å². The minimum absolute atomic E-state index is 0.0668. The summed E-state index contributed by atoms with van der Waals surface area (Å²) in [4.78, 5) is 38.5. The average molecular weight is 538 g/mol. The molecule has 40 heavy (non-hydrogen) atoms. The summed E-state index contributed by atoms with van der Waals surface area (Å²) in [5, 5.41) is 12.3. The summed E-state index contributed by atoms with van der Waals surface area (Å²) in [6.07, 6.45) is 1.69. The van der Waals surface area contributed by atoms with Gasteiger partial charge in [-0.15, -0.1) is 0 Å². The molecular weight excluding hydrogens is 502 g/mol. The number of anilines is 3. The van der Waals surface area contributed by atoms with Crippen LogP contribution in [0.25, 0.3) is 11.3 Å². The maximum atomic E-state index is 13.6. The van der Waals surface area contributed by atoms with E-state index in [0.717, 1.165) is 28.2 Å². The smallest absolute Gasteiger partial charge is 0.258 e. The molecule has 0 spiro atoms. The van der Waals surface area contributed by atoms with Crippen LogP contribution in [0.1, 0.15) is 47.1 Å². The van der Waals surface area contributed by atoms with Crippen molar-refractivity contribution < 1.29 is 14.7 Å². The van der Waals surface area contributed by atoms with Crippen molar-refractivity contribution in [2.24, 2.45) is 0 Å². The SMILES string of the molecule is Cc1c(-c2ccnc(Nc3ccc(C(=O)N(C)CCO)cc3)n2)cccc1N(C(=O)c1ccccc1)C(C)(C)C. The van der Waals surface area contributed by atoms with Crippen LogP contribution in [-0.2, 0) is 0 Å². The van der Waals surface area contributed by atoms with Gasteiger partial charge in [-0.05, 0) is 81.8 Å². The zero-order valence-electron chi connectivity index (χ0n) is 23.5. The van der Waals surface area contributed by atoms with Crippen LogP contribution in [0, 0.1) is 6.92 Å². The van der Waals surface area contributed by atoms with Crippen LogP contribution in [0.2, 0.25) is 0 Å². The molecule has 0 fully saturated rings. The van der Waals surface area contributed by atoms with Crippen molar-refractivity contribution in [3.8, 4) is 11.3 Å². The fourth-order valence-electron chi connectivity index (χ4n) is 4.49. The lowest BCUT2D eigenvalue weighted by atomic mass is 9.97. The highest BCUT2D eigenvalue weighted by Crippen LogP contribution is 2.34. The van der Waals surface area contributed by atoms with Gasteiger partial charge in [0.05, 0.1) is 12.3 Å². The monoisotopic (exact) mass is 537 g/mol. The van der Waals surface area contributed by atoms with E-state index < -0.39 is 5.54 Å². The van der Waals surface area contributed by atoms with Crippen LogP contribution in [-0.4, -0.2) is 57.5 Å². The molecule has 2 N–H and O–H groups in total. The van der Waals surface area contributed by atoms with E-state index in [-0.39, 0.29) is 25.0 Å². The molecule has 0 aliphatic rings. The highest BCUT2D eigenvalue weighted by molar-refractivity contribution is 6.07. The van der Waals surface area contributed by atoms with Crippen LogP contribution >= 0.6 is 0 Å². The lowest BCUT2D eigenvalue weighted by Gasteiger charge is -2.37. The van der Waals surface area contributed by atoms with Crippen molar-refractivity contribution in [3.05, 3.63) is 102 Å². The Morgan fingerprint density at radius 2 is 1.55 bits per heavy atom. The average Bonchev–Trinajstić information content (AvgIpc) is 2.94.